The lowest BCUT2D eigenvalue weighted by Crippen LogP contribution is -2.29. The number of β-amino-alcohol motifs (C(OH)–C–C–N with tert-alkyl or cyclic N) is 1. The number of aliphatic hydroxyl groups is 1. The zero-order valence-corrected chi connectivity index (χ0v) is 16.2. The normalized spacial score (nSPS) is 21.7. The fraction of sp³-hybridized carbons (Fsp3) is 0.381. The molecule has 9 heteroatoms. The molecule has 2 fully saturated rings. The van der Waals surface area contributed by atoms with E-state index >= 15 is 0 Å². The van der Waals surface area contributed by atoms with Gasteiger partial charge >= 0.3 is 0 Å². The maximum atomic E-state index is 14.4. The minimum Gasteiger partial charge on any atom is -0.391 e. The van der Waals surface area contributed by atoms with Gasteiger partial charge in [-0.1, -0.05) is 0 Å². The second-order valence-electron chi connectivity index (χ2n) is 7.88. The van der Waals surface area contributed by atoms with E-state index in [9.17, 15) is 18.7 Å². The van der Waals surface area contributed by atoms with Crippen molar-refractivity contribution in [3.63, 3.8) is 0 Å². The van der Waals surface area contributed by atoms with Gasteiger partial charge in [0.1, 0.15) is 11.6 Å². The molecule has 1 amide bonds. The van der Waals surface area contributed by atoms with Crippen molar-refractivity contribution in [1.29, 1.82) is 0 Å². The monoisotopic (exact) mass is 413 g/mol. The second-order valence-corrected chi connectivity index (χ2v) is 7.88. The number of nitrogens with one attached hydrogen (secondary N) is 1. The lowest BCUT2D eigenvalue weighted by atomic mass is 10.0. The molecule has 5 rings (SSSR count). The number of aliphatic hydroxyl groups excluding tert-OH is 1. The number of hydrogen-bond acceptors (Lipinski definition) is 5. The summed E-state index contributed by atoms with van der Waals surface area (Å²) in [6.07, 6.45) is 3.04. The lowest BCUT2D eigenvalue weighted by molar-refractivity contribution is 0.0765. The summed E-state index contributed by atoms with van der Waals surface area (Å²) in [4.78, 5) is 20.7. The molecule has 0 spiro atoms. The van der Waals surface area contributed by atoms with E-state index < -0.39 is 17.7 Å². The highest BCUT2D eigenvalue weighted by Gasteiger charge is 2.32. The van der Waals surface area contributed by atoms with Crippen LogP contribution in [0.3, 0.4) is 0 Å². The van der Waals surface area contributed by atoms with E-state index in [1.165, 1.54) is 12.3 Å². The molecule has 2 atom stereocenters. The Bertz CT molecular complexity index is 1120. The fourth-order valence-electron chi connectivity index (χ4n) is 4.45. The highest BCUT2D eigenvalue weighted by Crippen LogP contribution is 2.39. The number of fused-ring (bicyclic) bond motifs is 1. The maximum Gasteiger partial charge on any atom is 0.255 e. The zero-order chi connectivity index (χ0) is 20.8. The number of hydrogen-bond donors (Lipinski definition) is 2. The standard InChI is InChI=1S/C21H21F2N5O2/c22-13-3-4-17(23)15(9-13)18-2-1-6-28(18)20-16-8-12(10-24-19(16)25-26-20)21(30)27-7-5-14(29)11-27/h3-4,8-10,14,18,29H,1-2,5-7,11H2,(H,24,25,26)/t14-,18+/m0/s1. The first-order valence-corrected chi connectivity index (χ1v) is 10.0. The highest BCUT2D eigenvalue weighted by molar-refractivity contribution is 5.99. The van der Waals surface area contributed by atoms with Gasteiger partial charge in [-0.15, -0.1) is 0 Å². The third kappa shape index (κ3) is 3.19. The summed E-state index contributed by atoms with van der Waals surface area (Å²) in [7, 11) is 0. The van der Waals surface area contributed by atoms with E-state index in [0.717, 1.165) is 18.6 Å². The second kappa shape index (κ2) is 7.32. The van der Waals surface area contributed by atoms with Crippen LogP contribution in [0.15, 0.2) is 30.5 Å². The number of aromatic nitrogens is 3. The van der Waals surface area contributed by atoms with Crippen molar-refractivity contribution in [2.45, 2.75) is 31.4 Å². The summed E-state index contributed by atoms with van der Waals surface area (Å²) >= 11 is 0. The molecule has 2 aromatic heterocycles. The third-order valence-electron chi connectivity index (χ3n) is 5.94. The number of H-pyrrole nitrogens is 1. The Kier molecular flexibility index (Phi) is 4.62. The van der Waals surface area contributed by atoms with Crippen molar-refractivity contribution in [2.24, 2.45) is 0 Å². The van der Waals surface area contributed by atoms with Crippen LogP contribution in [0, 0.1) is 11.6 Å². The Morgan fingerprint density at radius 3 is 2.87 bits per heavy atom. The smallest absolute Gasteiger partial charge is 0.255 e. The average molecular weight is 413 g/mol. The van der Waals surface area contributed by atoms with Gasteiger partial charge < -0.3 is 14.9 Å². The van der Waals surface area contributed by atoms with E-state index in [0.29, 0.717) is 60.5 Å². The molecule has 2 saturated heterocycles. The molecule has 0 radical (unpaired) electrons. The molecule has 7 nitrogen and oxygen atoms in total. The minimum atomic E-state index is -0.498. The molecule has 2 aliphatic rings. The van der Waals surface area contributed by atoms with Crippen LogP contribution in [0.1, 0.15) is 41.2 Å². The molecule has 0 aliphatic carbocycles. The molecule has 0 bridgehead atoms. The van der Waals surface area contributed by atoms with E-state index in [2.05, 4.69) is 15.2 Å². The topological polar surface area (TPSA) is 85.4 Å². The van der Waals surface area contributed by atoms with Crippen LogP contribution in [0.2, 0.25) is 0 Å². The van der Waals surface area contributed by atoms with Crippen molar-refractivity contribution in [3.8, 4) is 0 Å². The summed E-state index contributed by atoms with van der Waals surface area (Å²) in [5.74, 6) is -0.552. The van der Waals surface area contributed by atoms with Crippen LogP contribution in [-0.4, -0.2) is 56.8 Å². The molecule has 0 unspecified atom stereocenters. The molecule has 1 aromatic carbocycles. The number of halogens is 2. The molecule has 4 heterocycles. The molecule has 2 aliphatic heterocycles. The molecule has 30 heavy (non-hydrogen) atoms. The van der Waals surface area contributed by atoms with E-state index in [1.807, 2.05) is 4.90 Å². The summed E-state index contributed by atoms with van der Waals surface area (Å²) in [6, 6.07) is 4.87. The van der Waals surface area contributed by atoms with Crippen molar-refractivity contribution >= 4 is 22.8 Å². The van der Waals surface area contributed by atoms with Crippen LogP contribution in [0.25, 0.3) is 11.0 Å². The Morgan fingerprint density at radius 1 is 1.20 bits per heavy atom. The highest BCUT2D eigenvalue weighted by atomic mass is 19.1. The van der Waals surface area contributed by atoms with Crippen molar-refractivity contribution in [2.75, 3.05) is 24.5 Å². The summed E-state index contributed by atoms with van der Waals surface area (Å²) in [5, 5.41) is 17.6. The molecular weight excluding hydrogens is 392 g/mol. The number of rotatable bonds is 3. The third-order valence-corrected chi connectivity index (χ3v) is 5.94. The number of anilines is 1. The zero-order valence-electron chi connectivity index (χ0n) is 16.2. The Morgan fingerprint density at radius 2 is 2.07 bits per heavy atom. The molecule has 156 valence electrons. The van der Waals surface area contributed by atoms with Crippen LogP contribution < -0.4 is 4.90 Å². The van der Waals surface area contributed by atoms with Gasteiger partial charge in [-0.3, -0.25) is 9.89 Å². The Labute approximate surface area is 171 Å². The predicted octanol–water partition coefficient (Wildman–Crippen LogP) is 2.78. The van der Waals surface area contributed by atoms with Crippen LogP contribution >= 0.6 is 0 Å². The number of pyridine rings is 1. The number of benzene rings is 1. The van der Waals surface area contributed by atoms with E-state index in [1.54, 1.807) is 11.0 Å². The lowest BCUT2D eigenvalue weighted by Gasteiger charge is -2.25. The predicted molar refractivity (Wildman–Crippen MR) is 106 cm³/mol. The number of aromatic amines is 1. The first-order valence-electron chi connectivity index (χ1n) is 10.0. The van der Waals surface area contributed by atoms with Gasteiger partial charge in [0.05, 0.1) is 23.1 Å². The number of carbonyl (C=O) groups is 1. The van der Waals surface area contributed by atoms with Crippen LogP contribution in [0.5, 0.6) is 0 Å². The SMILES string of the molecule is O=C(c1cnc2[nH]nc(N3CCC[C@@H]3c3cc(F)ccc3F)c2c1)N1CC[C@H](O)C1. The summed E-state index contributed by atoms with van der Waals surface area (Å²) in [6.45, 7) is 1.45. The van der Waals surface area contributed by atoms with E-state index in [-0.39, 0.29) is 11.9 Å². The van der Waals surface area contributed by atoms with Crippen molar-refractivity contribution < 1.29 is 18.7 Å². The number of nitrogens with zero attached hydrogens (tertiary/aromatic N) is 4. The van der Waals surface area contributed by atoms with Crippen molar-refractivity contribution in [3.05, 3.63) is 53.2 Å². The number of likely N-dealkylation sites (tertiary alicyclic amines) is 1. The quantitative estimate of drug-likeness (QED) is 0.690. The van der Waals surface area contributed by atoms with Crippen molar-refractivity contribution in [1.82, 2.24) is 20.1 Å². The van der Waals surface area contributed by atoms with Gasteiger partial charge in [-0.2, -0.15) is 5.10 Å². The van der Waals surface area contributed by atoms with Gasteiger partial charge in [-0.05, 0) is 43.5 Å². The largest absolute Gasteiger partial charge is 0.391 e. The van der Waals surface area contributed by atoms with Gasteiger partial charge in [0.15, 0.2) is 11.5 Å². The molecule has 2 N–H and O–H groups in total. The first kappa shape index (κ1) is 18.9. The first-order chi connectivity index (χ1) is 14.5. The molecule has 0 saturated carbocycles. The average Bonchev–Trinajstić information content (AvgIpc) is 3.47. The Balaban J connectivity index is 1.51. The van der Waals surface area contributed by atoms with Crippen LogP contribution in [-0.2, 0) is 0 Å². The van der Waals surface area contributed by atoms with Gasteiger partial charge in [0.25, 0.3) is 5.91 Å². The van der Waals surface area contributed by atoms with Gasteiger partial charge in [-0.25, -0.2) is 13.8 Å². The van der Waals surface area contributed by atoms with Crippen LogP contribution in [0.4, 0.5) is 14.6 Å². The number of carbonyl (C=O) groups excluding carboxylic acids is 1. The van der Waals surface area contributed by atoms with E-state index in [4.69, 9.17) is 0 Å². The maximum absolute atomic E-state index is 14.4. The van der Waals surface area contributed by atoms with Gasteiger partial charge in [0.2, 0.25) is 0 Å². The summed E-state index contributed by atoms with van der Waals surface area (Å²) < 4.78 is 28.2. The number of amides is 1. The van der Waals surface area contributed by atoms with Gasteiger partial charge in [0, 0.05) is 31.4 Å². The summed E-state index contributed by atoms with van der Waals surface area (Å²) in [5.41, 5.74) is 1.23. The molecular formula is C21H21F2N5O2. The fourth-order valence-corrected chi connectivity index (χ4v) is 4.45. The minimum absolute atomic E-state index is 0.192. The Hall–Kier alpha value is -3.07. The molecule has 3 aromatic rings.